The Hall–Kier alpha value is -0.140. The van der Waals surface area contributed by atoms with Crippen molar-refractivity contribution in [3.8, 4) is 0 Å². The second kappa shape index (κ2) is 6.86. The van der Waals surface area contributed by atoms with E-state index in [2.05, 4.69) is 26.0 Å². The maximum Gasteiger partial charge on any atom is 0.240 e. The van der Waals surface area contributed by atoms with Crippen LogP contribution in [0.1, 0.15) is 6.42 Å². The van der Waals surface area contributed by atoms with Crippen LogP contribution in [0.25, 0.3) is 0 Å². The summed E-state index contributed by atoms with van der Waals surface area (Å²) < 4.78 is 27.4. The molecule has 1 saturated heterocycles. The van der Waals surface area contributed by atoms with E-state index in [0.29, 0.717) is 17.4 Å². The van der Waals surface area contributed by atoms with Crippen LogP contribution in [0.4, 0.5) is 0 Å². The molecule has 0 aliphatic carbocycles. The molecule has 1 atom stereocenters. The largest absolute Gasteiger partial charge is 0.316 e. The Balaban J connectivity index is 0.00000162. The van der Waals surface area contributed by atoms with E-state index in [-0.39, 0.29) is 12.4 Å². The van der Waals surface area contributed by atoms with E-state index in [1.165, 1.54) is 0 Å². The number of sulfonamides is 1. The lowest BCUT2D eigenvalue weighted by atomic mass is 10.1. The Morgan fingerprint density at radius 2 is 2.22 bits per heavy atom. The molecular formula is C11H16BrClN2O2S. The molecule has 1 aromatic carbocycles. The van der Waals surface area contributed by atoms with Crippen molar-refractivity contribution in [3.63, 3.8) is 0 Å². The molecule has 2 rings (SSSR count). The number of halogens is 2. The highest BCUT2D eigenvalue weighted by Gasteiger charge is 2.19. The fourth-order valence-electron chi connectivity index (χ4n) is 1.83. The molecule has 1 aromatic rings. The van der Waals surface area contributed by atoms with Crippen molar-refractivity contribution < 1.29 is 8.42 Å². The van der Waals surface area contributed by atoms with Gasteiger partial charge in [-0.15, -0.1) is 12.4 Å². The standard InChI is InChI=1S/C11H15BrN2O2S.ClH/c12-10-2-1-3-11(6-10)17(15,16)14-8-9-4-5-13-7-9;/h1-3,6,9,13-14H,4-5,7-8H2;1H. The maximum atomic E-state index is 12.0. The fraction of sp³-hybridized carbons (Fsp3) is 0.455. The zero-order chi connectivity index (χ0) is 12.3. The van der Waals surface area contributed by atoms with Gasteiger partial charge in [0.1, 0.15) is 0 Å². The highest BCUT2D eigenvalue weighted by atomic mass is 79.9. The summed E-state index contributed by atoms with van der Waals surface area (Å²) in [5, 5.41) is 3.22. The second-order valence-corrected chi connectivity index (χ2v) is 6.85. The van der Waals surface area contributed by atoms with Crippen molar-refractivity contribution in [1.29, 1.82) is 0 Å². The summed E-state index contributed by atoms with van der Waals surface area (Å²) in [4.78, 5) is 0.304. The quantitative estimate of drug-likeness (QED) is 0.865. The Bertz CT molecular complexity index is 490. The van der Waals surface area contributed by atoms with Crippen LogP contribution < -0.4 is 10.0 Å². The van der Waals surface area contributed by atoms with Crippen molar-refractivity contribution in [1.82, 2.24) is 10.0 Å². The fourth-order valence-corrected chi connectivity index (χ4v) is 3.55. The van der Waals surface area contributed by atoms with Crippen molar-refractivity contribution in [2.24, 2.45) is 5.92 Å². The third-order valence-corrected chi connectivity index (χ3v) is 4.75. The van der Waals surface area contributed by atoms with E-state index in [9.17, 15) is 8.42 Å². The van der Waals surface area contributed by atoms with Gasteiger partial charge in [0.15, 0.2) is 0 Å². The number of benzene rings is 1. The minimum atomic E-state index is -3.38. The van der Waals surface area contributed by atoms with Crippen LogP contribution >= 0.6 is 28.3 Å². The van der Waals surface area contributed by atoms with Crippen LogP contribution in [0.3, 0.4) is 0 Å². The highest BCUT2D eigenvalue weighted by molar-refractivity contribution is 9.10. The first kappa shape index (κ1) is 15.9. The van der Waals surface area contributed by atoms with Gasteiger partial charge < -0.3 is 5.32 Å². The monoisotopic (exact) mass is 354 g/mol. The molecule has 1 aliphatic heterocycles. The Morgan fingerprint density at radius 1 is 1.44 bits per heavy atom. The number of nitrogens with one attached hydrogen (secondary N) is 2. The lowest BCUT2D eigenvalue weighted by Crippen LogP contribution is -2.30. The zero-order valence-corrected chi connectivity index (χ0v) is 12.9. The Morgan fingerprint density at radius 3 is 2.83 bits per heavy atom. The minimum absolute atomic E-state index is 0. The van der Waals surface area contributed by atoms with E-state index < -0.39 is 10.0 Å². The van der Waals surface area contributed by atoms with Crippen LogP contribution in [-0.4, -0.2) is 28.1 Å². The van der Waals surface area contributed by atoms with Gasteiger partial charge in [0, 0.05) is 11.0 Å². The summed E-state index contributed by atoms with van der Waals surface area (Å²) in [6.07, 6.45) is 1.03. The van der Waals surface area contributed by atoms with Crippen LogP contribution in [0.5, 0.6) is 0 Å². The van der Waals surface area contributed by atoms with E-state index >= 15 is 0 Å². The van der Waals surface area contributed by atoms with Crippen LogP contribution in [0.15, 0.2) is 33.6 Å². The molecule has 1 fully saturated rings. The van der Waals surface area contributed by atoms with Crippen molar-refractivity contribution in [3.05, 3.63) is 28.7 Å². The molecule has 0 spiro atoms. The normalized spacial score (nSPS) is 19.5. The van der Waals surface area contributed by atoms with Gasteiger partial charge in [-0.25, -0.2) is 13.1 Å². The molecule has 7 heteroatoms. The SMILES string of the molecule is Cl.O=S(=O)(NCC1CCNC1)c1cccc(Br)c1. The van der Waals surface area contributed by atoms with Crippen molar-refractivity contribution in [2.45, 2.75) is 11.3 Å². The van der Waals surface area contributed by atoms with Gasteiger partial charge in [-0.1, -0.05) is 22.0 Å². The van der Waals surface area contributed by atoms with Crippen LogP contribution in [-0.2, 0) is 10.0 Å². The summed E-state index contributed by atoms with van der Waals surface area (Å²) in [5.74, 6) is 0.400. The average Bonchev–Trinajstić information content (AvgIpc) is 2.79. The van der Waals surface area contributed by atoms with E-state index in [0.717, 1.165) is 24.0 Å². The molecule has 0 radical (unpaired) electrons. The minimum Gasteiger partial charge on any atom is -0.316 e. The van der Waals surface area contributed by atoms with Gasteiger partial charge in [0.05, 0.1) is 4.90 Å². The smallest absolute Gasteiger partial charge is 0.240 e. The van der Waals surface area contributed by atoms with Gasteiger partial charge in [0.2, 0.25) is 10.0 Å². The van der Waals surface area contributed by atoms with Crippen LogP contribution in [0.2, 0.25) is 0 Å². The zero-order valence-electron chi connectivity index (χ0n) is 9.73. The number of rotatable bonds is 4. The molecule has 102 valence electrons. The topological polar surface area (TPSA) is 58.2 Å². The van der Waals surface area contributed by atoms with Crippen molar-refractivity contribution >= 4 is 38.4 Å². The first-order chi connectivity index (χ1) is 8.08. The number of hydrogen-bond donors (Lipinski definition) is 2. The lowest BCUT2D eigenvalue weighted by molar-refractivity contribution is 0.538. The van der Waals surface area contributed by atoms with Gasteiger partial charge in [-0.3, -0.25) is 0 Å². The third kappa shape index (κ3) is 4.20. The molecular weight excluding hydrogens is 340 g/mol. The molecule has 1 aliphatic rings. The van der Waals surface area contributed by atoms with Crippen LogP contribution in [0, 0.1) is 5.92 Å². The summed E-state index contributed by atoms with van der Waals surface area (Å²) in [7, 11) is -3.38. The molecule has 18 heavy (non-hydrogen) atoms. The summed E-state index contributed by atoms with van der Waals surface area (Å²) in [5.41, 5.74) is 0. The Labute approximate surface area is 122 Å². The molecule has 0 saturated carbocycles. The van der Waals surface area contributed by atoms with Crippen molar-refractivity contribution in [2.75, 3.05) is 19.6 Å². The highest BCUT2D eigenvalue weighted by Crippen LogP contribution is 2.16. The molecule has 2 N–H and O–H groups in total. The Kier molecular flexibility index (Phi) is 6.07. The van der Waals surface area contributed by atoms with E-state index in [1.54, 1.807) is 24.3 Å². The average molecular weight is 356 g/mol. The van der Waals surface area contributed by atoms with Gasteiger partial charge in [0.25, 0.3) is 0 Å². The molecule has 1 unspecified atom stereocenters. The molecule has 1 heterocycles. The summed E-state index contributed by atoms with van der Waals surface area (Å²) in [6.45, 7) is 2.37. The van der Waals surface area contributed by atoms with E-state index in [1.807, 2.05) is 0 Å². The van der Waals surface area contributed by atoms with Gasteiger partial charge >= 0.3 is 0 Å². The summed E-state index contributed by atoms with van der Waals surface area (Å²) >= 11 is 3.27. The summed E-state index contributed by atoms with van der Waals surface area (Å²) in [6, 6.07) is 6.73. The van der Waals surface area contributed by atoms with Gasteiger partial charge in [-0.2, -0.15) is 0 Å². The lowest BCUT2D eigenvalue weighted by Gasteiger charge is -2.10. The second-order valence-electron chi connectivity index (χ2n) is 4.17. The number of hydrogen-bond acceptors (Lipinski definition) is 3. The maximum absolute atomic E-state index is 12.0. The molecule has 0 bridgehead atoms. The first-order valence-electron chi connectivity index (χ1n) is 5.54. The van der Waals surface area contributed by atoms with Gasteiger partial charge in [-0.05, 0) is 43.6 Å². The predicted molar refractivity (Wildman–Crippen MR) is 77.6 cm³/mol. The molecule has 0 aromatic heterocycles. The molecule has 0 amide bonds. The predicted octanol–water partition coefficient (Wildman–Crippen LogP) is 1.76. The molecule has 4 nitrogen and oxygen atoms in total. The third-order valence-electron chi connectivity index (χ3n) is 2.83. The first-order valence-corrected chi connectivity index (χ1v) is 7.81. The van der Waals surface area contributed by atoms with E-state index in [4.69, 9.17) is 0 Å².